The lowest BCUT2D eigenvalue weighted by Gasteiger charge is -2.69. The summed E-state index contributed by atoms with van der Waals surface area (Å²) in [6.07, 6.45) is 12.3. The first-order chi connectivity index (χ1) is 18.5. The maximum Gasteiger partial charge on any atom is 0.204 e. The average Bonchev–Trinajstić information content (AvgIpc) is 2.88. The number of carbonyl (C=O) groups excluding carboxylic acids is 2. The number of aliphatic imine (C=N–C) groups is 1. The van der Waals surface area contributed by atoms with Gasteiger partial charge in [-0.25, -0.2) is 0 Å². The summed E-state index contributed by atoms with van der Waals surface area (Å²) in [5.74, 6) is 0.531. The van der Waals surface area contributed by atoms with Gasteiger partial charge in [-0.3, -0.25) is 19.9 Å². The third kappa shape index (κ3) is 3.62. The molecule has 3 saturated carbocycles. The topological polar surface area (TPSA) is 118 Å². The van der Waals surface area contributed by atoms with E-state index in [0.717, 1.165) is 50.5 Å². The first kappa shape index (κ1) is 28.6. The number of hydrogen-bond acceptors (Lipinski definition) is 5. The lowest BCUT2D eigenvalue weighted by atomic mass is 9.35. The van der Waals surface area contributed by atoms with Gasteiger partial charge in [0.25, 0.3) is 0 Å². The Bertz CT molecular complexity index is 1340. The van der Waals surface area contributed by atoms with Crippen LogP contribution in [-0.4, -0.2) is 30.1 Å². The molecule has 3 fully saturated rings. The third-order valence-corrected chi connectivity index (χ3v) is 12.6. The molecule has 5 aliphatic carbocycles. The van der Waals surface area contributed by atoms with E-state index in [1.807, 2.05) is 32.2 Å². The lowest BCUT2D eigenvalue weighted by Crippen LogP contribution is -2.70. The monoisotopic (exact) mass is 543 g/mol. The Morgan fingerprint density at radius 3 is 2.30 bits per heavy atom. The van der Waals surface area contributed by atoms with Crippen molar-refractivity contribution in [2.24, 2.45) is 49.8 Å². The third-order valence-electron chi connectivity index (χ3n) is 12.6. The fraction of sp³-hybridized carbons (Fsp3) is 0.727. The molecule has 0 aromatic carbocycles. The van der Waals surface area contributed by atoms with E-state index in [0.29, 0.717) is 5.96 Å². The summed E-state index contributed by atoms with van der Waals surface area (Å²) >= 11 is 0. The second-order valence-corrected chi connectivity index (χ2v) is 15.3. The fourth-order valence-corrected chi connectivity index (χ4v) is 10.3. The van der Waals surface area contributed by atoms with E-state index in [1.165, 1.54) is 0 Å². The highest BCUT2D eigenvalue weighted by Gasteiger charge is 2.70. The van der Waals surface area contributed by atoms with Crippen molar-refractivity contribution in [2.45, 2.75) is 99.0 Å². The molecule has 0 radical (unpaired) electrons. The molecule has 0 aliphatic heterocycles. The minimum absolute atomic E-state index is 0.0372. The van der Waals surface area contributed by atoms with Crippen LogP contribution < -0.4 is 10.6 Å². The number of nitrogens with zero attached hydrogens (tertiary/aromatic N) is 3. The van der Waals surface area contributed by atoms with Crippen LogP contribution in [-0.2, 0) is 9.59 Å². The van der Waals surface area contributed by atoms with Crippen molar-refractivity contribution in [3.63, 3.8) is 0 Å². The molecule has 5 aliphatic rings. The van der Waals surface area contributed by atoms with Crippen LogP contribution in [0, 0.1) is 67.6 Å². The highest BCUT2D eigenvalue weighted by molar-refractivity contribution is 6.04. The van der Waals surface area contributed by atoms with Gasteiger partial charge in [0.15, 0.2) is 17.8 Å². The quantitative estimate of drug-likeness (QED) is 0.192. The van der Waals surface area contributed by atoms with E-state index in [2.05, 4.69) is 56.3 Å². The summed E-state index contributed by atoms with van der Waals surface area (Å²) < 4.78 is 0. The van der Waals surface area contributed by atoms with Gasteiger partial charge in [0.05, 0.1) is 5.57 Å². The van der Waals surface area contributed by atoms with Gasteiger partial charge in [0, 0.05) is 29.3 Å². The van der Waals surface area contributed by atoms with E-state index in [-0.39, 0.29) is 56.7 Å². The minimum Gasteiger partial charge on any atom is -0.350 e. The Morgan fingerprint density at radius 1 is 1.00 bits per heavy atom. The maximum atomic E-state index is 14.6. The highest BCUT2D eigenvalue weighted by atomic mass is 16.1. The zero-order valence-corrected chi connectivity index (χ0v) is 25.5. The maximum absolute atomic E-state index is 14.6. The van der Waals surface area contributed by atoms with Crippen LogP contribution in [0.2, 0.25) is 0 Å². The molecule has 0 bridgehead atoms. The Balaban J connectivity index is 1.67. The summed E-state index contributed by atoms with van der Waals surface area (Å²) in [5.41, 5.74) is -0.584. The number of allylic oxidation sites excluding steroid dienone is 4. The highest BCUT2D eigenvalue weighted by Crippen LogP contribution is 2.73. The standard InChI is InChI=1S/C33H45N5O2/c1-28(2)11-13-33(38-27(36-8)37-19-35)14-12-32(7)25(21(33)17-28)22(39)15-24-30(5)16-20(18-34)26(40)29(3,4)23(30)9-10-31(24,32)6/h15-16,21,23,25H,9-14,17H2,1-8H3,(H2,36,37,38)/t21-,23-,25-,30-,31+,32+,33-/m0/s1. The smallest absolute Gasteiger partial charge is 0.204 e. The number of nitriles is 2. The molecule has 40 heavy (non-hydrogen) atoms. The number of Topliss-reactive ketones (excluding diaryl/α,β-unsaturated/α-hetero) is 1. The van der Waals surface area contributed by atoms with Gasteiger partial charge in [-0.1, -0.05) is 60.1 Å². The van der Waals surface area contributed by atoms with E-state index in [9.17, 15) is 20.1 Å². The molecule has 7 atom stereocenters. The number of nitrogens with one attached hydrogen (secondary N) is 2. The van der Waals surface area contributed by atoms with Crippen LogP contribution >= 0.6 is 0 Å². The van der Waals surface area contributed by atoms with Gasteiger partial charge >= 0.3 is 0 Å². The Hall–Kier alpha value is -2.93. The number of fused-ring (bicyclic) bond motifs is 7. The molecule has 7 nitrogen and oxygen atoms in total. The van der Waals surface area contributed by atoms with Gasteiger partial charge in [-0.05, 0) is 79.1 Å². The Kier molecular flexibility index (Phi) is 6.28. The molecule has 2 N–H and O–H groups in total. The van der Waals surface area contributed by atoms with Gasteiger partial charge in [0.2, 0.25) is 5.96 Å². The van der Waals surface area contributed by atoms with E-state index >= 15 is 0 Å². The zero-order chi connectivity index (χ0) is 29.5. The van der Waals surface area contributed by atoms with Gasteiger partial charge in [-0.15, -0.1) is 0 Å². The summed E-state index contributed by atoms with van der Waals surface area (Å²) in [6.45, 7) is 15.4. The Labute approximate surface area is 239 Å². The SMILES string of the molecule is CN=C(NC#N)N[C@]12CCC(C)(C)C[C@H]1[C@H]1C(=O)C=C3[C@@]4(C)C=C(C#N)C(=O)C(C)(C)[C@@H]4CC[C@@]3(C)[C@]1(C)CC2. The number of guanidine groups is 1. The summed E-state index contributed by atoms with van der Waals surface area (Å²) in [5, 5.41) is 25.6. The van der Waals surface area contributed by atoms with Crippen molar-refractivity contribution >= 4 is 17.5 Å². The fourth-order valence-electron chi connectivity index (χ4n) is 10.3. The second kappa shape index (κ2) is 8.78. The largest absolute Gasteiger partial charge is 0.350 e. The van der Waals surface area contributed by atoms with Crippen LogP contribution in [0.15, 0.2) is 28.3 Å². The van der Waals surface area contributed by atoms with E-state index < -0.39 is 10.8 Å². The predicted octanol–water partition coefficient (Wildman–Crippen LogP) is 5.60. The zero-order valence-electron chi connectivity index (χ0n) is 25.5. The average molecular weight is 544 g/mol. The van der Waals surface area contributed by atoms with Crippen molar-refractivity contribution in [1.82, 2.24) is 10.6 Å². The first-order valence-corrected chi connectivity index (χ1v) is 14.9. The Morgan fingerprint density at radius 2 is 1.68 bits per heavy atom. The molecule has 5 rings (SSSR count). The number of carbonyl (C=O) groups is 2. The van der Waals surface area contributed by atoms with Crippen molar-refractivity contribution < 1.29 is 9.59 Å². The molecule has 0 amide bonds. The van der Waals surface area contributed by atoms with Crippen molar-refractivity contribution in [3.8, 4) is 12.3 Å². The number of rotatable bonds is 1. The van der Waals surface area contributed by atoms with Crippen molar-refractivity contribution in [1.29, 1.82) is 10.5 Å². The summed E-state index contributed by atoms with van der Waals surface area (Å²) in [4.78, 5) is 32.1. The van der Waals surface area contributed by atoms with E-state index in [4.69, 9.17) is 0 Å². The molecule has 0 heterocycles. The van der Waals surface area contributed by atoms with Crippen molar-refractivity contribution in [3.05, 3.63) is 23.3 Å². The van der Waals surface area contributed by atoms with Crippen LogP contribution in [0.4, 0.5) is 0 Å². The number of hydrogen-bond donors (Lipinski definition) is 2. The molecular formula is C33H45N5O2. The minimum atomic E-state index is -0.666. The molecule has 0 saturated heterocycles. The van der Waals surface area contributed by atoms with Crippen molar-refractivity contribution in [2.75, 3.05) is 7.05 Å². The van der Waals surface area contributed by atoms with Crippen LogP contribution in [0.1, 0.15) is 93.4 Å². The van der Waals surface area contributed by atoms with Gasteiger partial charge in [-0.2, -0.15) is 10.5 Å². The molecule has 0 aromatic heterocycles. The van der Waals surface area contributed by atoms with Crippen LogP contribution in [0.5, 0.6) is 0 Å². The lowest BCUT2D eigenvalue weighted by molar-refractivity contribution is -0.160. The van der Waals surface area contributed by atoms with Gasteiger partial charge in [0.1, 0.15) is 6.07 Å². The molecule has 214 valence electrons. The molecular weight excluding hydrogens is 498 g/mol. The molecule has 0 aromatic rings. The molecule has 0 spiro atoms. The summed E-state index contributed by atoms with van der Waals surface area (Å²) in [7, 11) is 1.68. The second-order valence-electron chi connectivity index (χ2n) is 15.3. The predicted molar refractivity (Wildman–Crippen MR) is 154 cm³/mol. The first-order valence-electron chi connectivity index (χ1n) is 14.9. The van der Waals surface area contributed by atoms with Gasteiger partial charge < -0.3 is 5.32 Å². The van der Waals surface area contributed by atoms with E-state index in [1.54, 1.807) is 7.05 Å². The van der Waals surface area contributed by atoms with Crippen LogP contribution in [0.25, 0.3) is 0 Å². The van der Waals surface area contributed by atoms with Crippen LogP contribution in [0.3, 0.4) is 0 Å². The molecule has 0 unspecified atom stereocenters. The number of ketones is 2. The normalized spacial score (nSPS) is 43.4. The summed E-state index contributed by atoms with van der Waals surface area (Å²) in [6, 6.07) is 2.19. The molecule has 7 heteroatoms.